The van der Waals surface area contributed by atoms with Crippen LogP contribution in [0.2, 0.25) is 8.67 Å². The average Bonchev–Trinajstić information content (AvgIpc) is 2.54. The van der Waals surface area contributed by atoms with Gasteiger partial charge in [-0.2, -0.15) is 0 Å². The Morgan fingerprint density at radius 1 is 1.47 bits per heavy atom. The molecule has 0 radical (unpaired) electrons. The summed E-state index contributed by atoms with van der Waals surface area (Å²) < 4.78 is 7.11. The van der Waals surface area contributed by atoms with Crippen molar-refractivity contribution in [1.82, 2.24) is 5.32 Å². The van der Waals surface area contributed by atoms with Gasteiger partial charge in [-0.05, 0) is 39.3 Å². The Bertz CT molecular complexity index is 365. The molecule has 0 bridgehead atoms. The molecule has 0 aliphatic carbocycles. The Morgan fingerprint density at radius 2 is 2.12 bits per heavy atom. The van der Waals surface area contributed by atoms with Crippen LogP contribution in [0.4, 0.5) is 0 Å². The minimum atomic E-state index is -0.171. The van der Waals surface area contributed by atoms with Gasteiger partial charge in [-0.1, -0.05) is 23.2 Å². The third-order valence-corrected chi connectivity index (χ3v) is 4.04. The van der Waals surface area contributed by atoms with Gasteiger partial charge < -0.3 is 10.1 Å². The van der Waals surface area contributed by atoms with Gasteiger partial charge >= 0.3 is 0 Å². The average molecular weight is 296 g/mol. The quantitative estimate of drug-likeness (QED) is 0.833. The molecule has 1 rings (SSSR count). The van der Waals surface area contributed by atoms with Gasteiger partial charge in [-0.25, -0.2) is 0 Å². The number of hydrogen-bond acceptors (Lipinski definition) is 3. The van der Waals surface area contributed by atoms with Crippen molar-refractivity contribution in [3.05, 3.63) is 20.3 Å². The van der Waals surface area contributed by atoms with E-state index in [1.807, 2.05) is 13.0 Å². The van der Waals surface area contributed by atoms with E-state index in [1.165, 1.54) is 11.3 Å². The Morgan fingerprint density at radius 3 is 2.59 bits per heavy atom. The zero-order valence-electron chi connectivity index (χ0n) is 10.6. The van der Waals surface area contributed by atoms with Gasteiger partial charge in [0.15, 0.2) is 0 Å². The Labute approximate surface area is 117 Å². The van der Waals surface area contributed by atoms with E-state index in [-0.39, 0.29) is 11.6 Å². The maximum Gasteiger partial charge on any atom is 0.0991 e. The number of ether oxygens (including phenoxy) is 1. The van der Waals surface area contributed by atoms with Crippen molar-refractivity contribution in [3.63, 3.8) is 0 Å². The van der Waals surface area contributed by atoms with E-state index in [0.717, 1.165) is 20.8 Å². The van der Waals surface area contributed by atoms with Crippen LogP contribution in [0.1, 0.15) is 39.3 Å². The molecule has 0 amide bonds. The molecule has 1 atom stereocenters. The van der Waals surface area contributed by atoms with Crippen LogP contribution in [0.3, 0.4) is 0 Å². The van der Waals surface area contributed by atoms with Crippen LogP contribution in [0.25, 0.3) is 0 Å². The molecule has 0 spiro atoms. The van der Waals surface area contributed by atoms with Crippen LogP contribution < -0.4 is 5.32 Å². The molecule has 5 heteroatoms. The zero-order valence-corrected chi connectivity index (χ0v) is 13.0. The molecule has 1 unspecified atom stereocenters. The van der Waals surface area contributed by atoms with Crippen molar-refractivity contribution in [3.8, 4) is 0 Å². The van der Waals surface area contributed by atoms with Crippen LogP contribution in [-0.4, -0.2) is 18.8 Å². The Balaban J connectivity index is 2.55. The van der Waals surface area contributed by atoms with Gasteiger partial charge in [0.05, 0.1) is 14.3 Å². The van der Waals surface area contributed by atoms with E-state index in [0.29, 0.717) is 6.61 Å². The van der Waals surface area contributed by atoms with Crippen molar-refractivity contribution in [2.24, 2.45) is 0 Å². The molecule has 1 aromatic rings. The maximum atomic E-state index is 6.11. The summed E-state index contributed by atoms with van der Waals surface area (Å²) in [5.41, 5.74) is 0.879. The third-order valence-electron chi connectivity index (χ3n) is 2.52. The summed E-state index contributed by atoms with van der Waals surface area (Å²) in [6.07, 6.45) is 0. The SMILES string of the molecule is CCOC(C)(C)CNC(C)c1cc(Cl)sc1Cl. The molecular formula is C12H19Cl2NOS. The highest BCUT2D eigenvalue weighted by atomic mass is 35.5. The van der Waals surface area contributed by atoms with E-state index in [4.69, 9.17) is 27.9 Å². The van der Waals surface area contributed by atoms with E-state index in [2.05, 4.69) is 26.1 Å². The molecule has 0 aromatic carbocycles. The second-order valence-corrected chi connectivity index (χ2v) is 6.86. The van der Waals surface area contributed by atoms with Crippen molar-refractivity contribution in [2.75, 3.05) is 13.2 Å². The fourth-order valence-corrected chi connectivity index (χ4v) is 3.24. The molecule has 0 aliphatic heterocycles. The predicted octanol–water partition coefficient (Wildman–Crippen LogP) is 4.52. The summed E-state index contributed by atoms with van der Waals surface area (Å²) in [7, 11) is 0. The lowest BCUT2D eigenvalue weighted by Gasteiger charge is -2.27. The first-order valence-corrected chi connectivity index (χ1v) is 7.25. The molecule has 17 heavy (non-hydrogen) atoms. The predicted molar refractivity (Wildman–Crippen MR) is 76.5 cm³/mol. The van der Waals surface area contributed by atoms with Gasteiger partial charge in [0.1, 0.15) is 0 Å². The van der Waals surface area contributed by atoms with Gasteiger partial charge in [0, 0.05) is 19.2 Å². The molecular weight excluding hydrogens is 277 g/mol. The summed E-state index contributed by atoms with van der Waals surface area (Å²) in [5.74, 6) is 0. The topological polar surface area (TPSA) is 21.3 Å². The van der Waals surface area contributed by atoms with Crippen LogP contribution >= 0.6 is 34.5 Å². The molecule has 0 saturated carbocycles. The second-order valence-electron chi connectivity index (χ2n) is 4.57. The van der Waals surface area contributed by atoms with Crippen molar-refractivity contribution >= 4 is 34.5 Å². The fraction of sp³-hybridized carbons (Fsp3) is 0.667. The zero-order chi connectivity index (χ0) is 13.1. The van der Waals surface area contributed by atoms with E-state index in [9.17, 15) is 0 Å². The van der Waals surface area contributed by atoms with Crippen LogP contribution in [0, 0.1) is 0 Å². The third kappa shape index (κ3) is 4.76. The number of halogens is 2. The molecule has 0 fully saturated rings. The lowest BCUT2D eigenvalue weighted by Crippen LogP contribution is -2.38. The monoisotopic (exact) mass is 295 g/mol. The molecule has 98 valence electrons. The minimum absolute atomic E-state index is 0.171. The van der Waals surface area contributed by atoms with E-state index >= 15 is 0 Å². The van der Waals surface area contributed by atoms with Gasteiger partial charge in [0.2, 0.25) is 0 Å². The molecule has 0 saturated heterocycles. The Kier molecular flexibility index (Phi) is 5.74. The Hall–Kier alpha value is 0.200. The van der Waals surface area contributed by atoms with Crippen molar-refractivity contribution in [1.29, 1.82) is 0 Å². The summed E-state index contributed by atoms with van der Waals surface area (Å²) in [5, 5.41) is 3.42. The van der Waals surface area contributed by atoms with Crippen LogP contribution in [0.5, 0.6) is 0 Å². The highest BCUT2D eigenvalue weighted by Gasteiger charge is 2.20. The first kappa shape index (κ1) is 15.3. The smallest absolute Gasteiger partial charge is 0.0991 e. The first-order chi connectivity index (χ1) is 7.85. The molecule has 1 aromatic heterocycles. The molecule has 2 nitrogen and oxygen atoms in total. The number of thiophene rings is 1. The van der Waals surface area contributed by atoms with Crippen molar-refractivity contribution in [2.45, 2.75) is 39.3 Å². The highest BCUT2D eigenvalue weighted by Crippen LogP contribution is 2.34. The second kappa shape index (κ2) is 6.39. The van der Waals surface area contributed by atoms with Crippen LogP contribution in [-0.2, 0) is 4.74 Å². The van der Waals surface area contributed by atoms with E-state index < -0.39 is 0 Å². The molecule has 0 aliphatic rings. The van der Waals surface area contributed by atoms with Gasteiger partial charge in [0.25, 0.3) is 0 Å². The normalized spacial score (nSPS) is 14.0. The van der Waals surface area contributed by atoms with Gasteiger partial charge in [-0.3, -0.25) is 0 Å². The van der Waals surface area contributed by atoms with Crippen molar-refractivity contribution < 1.29 is 4.74 Å². The summed E-state index contributed by atoms with van der Waals surface area (Å²) in [6.45, 7) is 9.70. The highest BCUT2D eigenvalue weighted by molar-refractivity contribution is 7.20. The maximum absolute atomic E-state index is 6.11. The minimum Gasteiger partial charge on any atom is -0.375 e. The number of nitrogens with one attached hydrogen (secondary N) is 1. The summed E-state index contributed by atoms with van der Waals surface area (Å²) in [4.78, 5) is 0. The standard InChI is InChI=1S/C12H19Cl2NOS/c1-5-16-12(3,4)7-15-8(2)9-6-10(13)17-11(9)14/h6,8,15H,5,7H2,1-4H3. The van der Waals surface area contributed by atoms with Gasteiger partial charge in [-0.15, -0.1) is 11.3 Å². The number of rotatable bonds is 6. The summed E-state index contributed by atoms with van der Waals surface area (Å²) >= 11 is 13.4. The fourth-order valence-electron chi connectivity index (χ4n) is 1.60. The largest absolute Gasteiger partial charge is 0.375 e. The molecule has 1 N–H and O–H groups in total. The summed E-state index contributed by atoms with van der Waals surface area (Å²) in [6, 6.07) is 2.09. The number of hydrogen-bond donors (Lipinski definition) is 1. The molecule has 1 heterocycles. The lowest BCUT2D eigenvalue weighted by atomic mass is 10.1. The van der Waals surface area contributed by atoms with Crippen LogP contribution in [0.15, 0.2) is 6.07 Å². The first-order valence-electron chi connectivity index (χ1n) is 5.68. The lowest BCUT2D eigenvalue weighted by molar-refractivity contribution is -0.0103. The van der Waals surface area contributed by atoms with E-state index in [1.54, 1.807) is 0 Å².